The zero-order valence-electron chi connectivity index (χ0n) is 10.8. The quantitative estimate of drug-likeness (QED) is 0.859. The summed E-state index contributed by atoms with van der Waals surface area (Å²) in [6, 6.07) is 8.12. The van der Waals surface area contributed by atoms with Crippen molar-refractivity contribution in [2.75, 3.05) is 0 Å². The number of hydrogen-bond donors (Lipinski definition) is 1. The van der Waals surface area contributed by atoms with Crippen LogP contribution in [0.3, 0.4) is 0 Å². The second-order valence-electron chi connectivity index (χ2n) is 4.25. The predicted octanol–water partition coefficient (Wildman–Crippen LogP) is 4.39. The summed E-state index contributed by atoms with van der Waals surface area (Å²) >= 11 is 5.88. The molecule has 1 N–H and O–H groups in total. The molecular formula is C14H14ClF2NO2. The van der Waals surface area contributed by atoms with Crippen LogP contribution in [-0.4, -0.2) is 6.61 Å². The van der Waals surface area contributed by atoms with E-state index < -0.39 is 6.61 Å². The second kappa shape index (κ2) is 6.72. The highest BCUT2D eigenvalue weighted by molar-refractivity contribution is 6.30. The Morgan fingerprint density at radius 1 is 1.35 bits per heavy atom. The van der Waals surface area contributed by atoms with E-state index in [9.17, 15) is 8.78 Å². The molecule has 108 valence electrons. The number of ether oxygens (including phenoxy) is 1. The molecule has 6 heteroatoms. The molecule has 0 bridgehead atoms. The third kappa shape index (κ3) is 3.95. The number of rotatable bonds is 6. The Balaban J connectivity index is 2.06. The molecule has 20 heavy (non-hydrogen) atoms. The van der Waals surface area contributed by atoms with Gasteiger partial charge in [0.25, 0.3) is 0 Å². The summed E-state index contributed by atoms with van der Waals surface area (Å²) in [5.74, 6) is 0.881. The molecule has 1 aromatic heterocycles. The lowest BCUT2D eigenvalue weighted by Crippen LogP contribution is -2.18. The van der Waals surface area contributed by atoms with Crippen LogP contribution in [0.1, 0.15) is 24.3 Å². The number of benzene rings is 1. The topological polar surface area (TPSA) is 34.4 Å². The van der Waals surface area contributed by atoms with Crippen molar-refractivity contribution in [3.05, 3.63) is 52.9 Å². The normalized spacial score (nSPS) is 12.7. The first-order valence-corrected chi connectivity index (χ1v) is 6.44. The lowest BCUT2D eigenvalue weighted by atomic mass is 10.1. The Hall–Kier alpha value is -1.59. The molecule has 0 amide bonds. The predicted molar refractivity (Wildman–Crippen MR) is 72.0 cm³/mol. The maximum absolute atomic E-state index is 12.3. The van der Waals surface area contributed by atoms with E-state index in [1.807, 2.05) is 13.0 Å². The van der Waals surface area contributed by atoms with Crippen molar-refractivity contribution in [3.63, 3.8) is 0 Å². The Bertz CT molecular complexity index is 546. The van der Waals surface area contributed by atoms with E-state index in [4.69, 9.17) is 16.0 Å². The van der Waals surface area contributed by atoms with E-state index in [-0.39, 0.29) is 11.8 Å². The SMILES string of the molecule is CC(NCc1cc(Cl)ccc1OC(F)F)c1ccco1. The molecule has 0 saturated carbocycles. The van der Waals surface area contributed by atoms with Crippen molar-refractivity contribution in [1.82, 2.24) is 5.32 Å². The molecular weight excluding hydrogens is 288 g/mol. The van der Waals surface area contributed by atoms with Crippen molar-refractivity contribution in [2.45, 2.75) is 26.1 Å². The lowest BCUT2D eigenvalue weighted by molar-refractivity contribution is -0.0505. The largest absolute Gasteiger partial charge is 0.468 e. The van der Waals surface area contributed by atoms with Gasteiger partial charge in [-0.25, -0.2) is 0 Å². The van der Waals surface area contributed by atoms with Gasteiger partial charge in [0.05, 0.1) is 12.3 Å². The number of alkyl halides is 2. The van der Waals surface area contributed by atoms with Gasteiger partial charge in [0.1, 0.15) is 11.5 Å². The van der Waals surface area contributed by atoms with Gasteiger partial charge in [0.15, 0.2) is 0 Å². The fourth-order valence-corrected chi connectivity index (χ4v) is 1.99. The summed E-state index contributed by atoms with van der Waals surface area (Å²) in [4.78, 5) is 0. The molecule has 1 heterocycles. The second-order valence-corrected chi connectivity index (χ2v) is 4.68. The minimum atomic E-state index is -2.86. The van der Waals surface area contributed by atoms with Crippen LogP contribution >= 0.6 is 11.6 Å². The van der Waals surface area contributed by atoms with Crippen molar-refractivity contribution in [3.8, 4) is 5.75 Å². The van der Waals surface area contributed by atoms with Crippen molar-refractivity contribution < 1.29 is 17.9 Å². The molecule has 0 fully saturated rings. The molecule has 0 aliphatic heterocycles. The van der Waals surface area contributed by atoms with Gasteiger partial charge < -0.3 is 14.5 Å². The van der Waals surface area contributed by atoms with E-state index in [1.165, 1.54) is 12.1 Å². The first-order chi connectivity index (χ1) is 9.56. The summed E-state index contributed by atoms with van der Waals surface area (Å²) < 4.78 is 34.4. The third-order valence-corrected chi connectivity index (χ3v) is 3.04. The molecule has 0 aliphatic rings. The Kier molecular flexibility index (Phi) is 4.98. The van der Waals surface area contributed by atoms with Gasteiger partial charge in [-0.1, -0.05) is 11.6 Å². The van der Waals surface area contributed by atoms with E-state index in [1.54, 1.807) is 18.4 Å². The standard InChI is InChI=1S/C14H14ClF2NO2/c1-9(12-3-2-6-19-12)18-8-10-7-11(15)4-5-13(10)20-14(16)17/h2-7,9,14,18H,8H2,1H3. The molecule has 0 radical (unpaired) electrons. The molecule has 0 spiro atoms. The number of nitrogens with one attached hydrogen (secondary N) is 1. The number of furan rings is 1. The fourth-order valence-electron chi connectivity index (χ4n) is 1.80. The van der Waals surface area contributed by atoms with Gasteiger partial charge in [0, 0.05) is 17.1 Å². The van der Waals surface area contributed by atoms with Gasteiger partial charge in [0.2, 0.25) is 0 Å². The number of hydrogen-bond acceptors (Lipinski definition) is 3. The van der Waals surface area contributed by atoms with Gasteiger partial charge in [-0.15, -0.1) is 0 Å². The smallest absolute Gasteiger partial charge is 0.387 e. The van der Waals surface area contributed by atoms with E-state index in [2.05, 4.69) is 10.1 Å². The van der Waals surface area contributed by atoms with Crippen LogP contribution in [0.2, 0.25) is 5.02 Å². The first kappa shape index (κ1) is 14.8. The van der Waals surface area contributed by atoms with E-state index >= 15 is 0 Å². The molecule has 2 rings (SSSR count). The van der Waals surface area contributed by atoms with Crippen LogP contribution < -0.4 is 10.1 Å². The monoisotopic (exact) mass is 301 g/mol. The first-order valence-electron chi connectivity index (χ1n) is 6.06. The van der Waals surface area contributed by atoms with Crippen molar-refractivity contribution in [2.24, 2.45) is 0 Å². The van der Waals surface area contributed by atoms with Gasteiger partial charge in [-0.2, -0.15) is 8.78 Å². The highest BCUT2D eigenvalue weighted by atomic mass is 35.5. The van der Waals surface area contributed by atoms with Crippen molar-refractivity contribution >= 4 is 11.6 Å². The van der Waals surface area contributed by atoms with Crippen LogP contribution in [-0.2, 0) is 6.54 Å². The summed E-state index contributed by atoms with van der Waals surface area (Å²) in [7, 11) is 0. The molecule has 2 aromatic rings. The summed E-state index contributed by atoms with van der Waals surface area (Å²) in [5, 5.41) is 3.63. The molecule has 0 saturated heterocycles. The molecule has 3 nitrogen and oxygen atoms in total. The minimum absolute atomic E-state index is 0.0524. The zero-order chi connectivity index (χ0) is 14.5. The zero-order valence-corrected chi connectivity index (χ0v) is 11.5. The summed E-state index contributed by atoms with van der Waals surface area (Å²) in [5.41, 5.74) is 0.566. The average molecular weight is 302 g/mol. The van der Waals surface area contributed by atoms with Crippen LogP contribution in [0.25, 0.3) is 0 Å². The van der Waals surface area contributed by atoms with Crippen LogP contribution in [0.4, 0.5) is 8.78 Å². The molecule has 1 atom stereocenters. The van der Waals surface area contributed by atoms with Gasteiger partial charge in [-0.05, 0) is 37.3 Å². The maximum atomic E-state index is 12.3. The average Bonchev–Trinajstić information content (AvgIpc) is 2.92. The van der Waals surface area contributed by atoms with Crippen LogP contribution in [0.5, 0.6) is 5.75 Å². The lowest BCUT2D eigenvalue weighted by Gasteiger charge is -2.15. The number of halogens is 3. The highest BCUT2D eigenvalue weighted by Gasteiger charge is 2.12. The Morgan fingerprint density at radius 3 is 2.80 bits per heavy atom. The minimum Gasteiger partial charge on any atom is -0.468 e. The third-order valence-electron chi connectivity index (χ3n) is 2.81. The fraction of sp³-hybridized carbons (Fsp3) is 0.286. The molecule has 0 aliphatic carbocycles. The van der Waals surface area contributed by atoms with E-state index in [0.717, 1.165) is 5.76 Å². The summed E-state index contributed by atoms with van der Waals surface area (Å²) in [6.07, 6.45) is 1.58. The van der Waals surface area contributed by atoms with Crippen molar-refractivity contribution in [1.29, 1.82) is 0 Å². The van der Waals surface area contributed by atoms with Crippen LogP contribution in [0, 0.1) is 0 Å². The summed E-state index contributed by atoms with van der Waals surface area (Å²) in [6.45, 7) is -0.612. The Labute approximate surface area is 120 Å². The highest BCUT2D eigenvalue weighted by Crippen LogP contribution is 2.25. The van der Waals surface area contributed by atoms with Gasteiger partial charge in [-0.3, -0.25) is 0 Å². The van der Waals surface area contributed by atoms with E-state index in [0.29, 0.717) is 17.1 Å². The maximum Gasteiger partial charge on any atom is 0.387 e. The van der Waals surface area contributed by atoms with Gasteiger partial charge >= 0.3 is 6.61 Å². The Morgan fingerprint density at radius 2 is 2.15 bits per heavy atom. The van der Waals surface area contributed by atoms with Crippen LogP contribution in [0.15, 0.2) is 41.0 Å². The molecule has 1 unspecified atom stereocenters. The molecule has 1 aromatic carbocycles.